The van der Waals surface area contributed by atoms with Gasteiger partial charge in [0.1, 0.15) is 18.8 Å². The van der Waals surface area contributed by atoms with Gasteiger partial charge in [0.05, 0.1) is 37.2 Å². The van der Waals surface area contributed by atoms with Crippen molar-refractivity contribution in [1.29, 1.82) is 0 Å². The van der Waals surface area contributed by atoms with Crippen LogP contribution in [0.5, 0.6) is 11.5 Å². The number of ether oxygens (including phenoxy) is 4. The number of nitrogens with zero attached hydrogens (tertiary/aromatic N) is 3. The molecule has 0 aliphatic heterocycles. The molecule has 2 aromatic rings. The monoisotopic (exact) mass is 442 g/mol. The summed E-state index contributed by atoms with van der Waals surface area (Å²) in [6, 6.07) is 3.44. The maximum atomic E-state index is 12.7. The number of methoxy groups -OCH3 is 3. The van der Waals surface area contributed by atoms with Gasteiger partial charge in [-0.15, -0.1) is 0 Å². The van der Waals surface area contributed by atoms with Crippen LogP contribution >= 0.6 is 0 Å². The second kappa shape index (κ2) is 10.7. The molecule has 0 radical (unpaired) electrons. The van der Waals surface area contributed by atoms with E-state index in [0.29, 0.717) is 60.3 Å². The van der Waals surface area contributed by atoms with Crippen LogP contribution in [0.15, 0.2) is 42.0 Å². The van der Waals surface area contributed by atoms with Gasteiger partial charge in [0, 0.05) is 51.4 Å². The fourth-order valence-electron chi connectivity index (χ4n) is 3.09. The van der Waals surface area contributed by atoms with E-state index in [-0.39, 0.29) is 17.3 Å². The number of aromatic nitrogens is 2. The Bertz CT molecular complexity index is 1070. The molecular weight excluding hydrogens is 416 g/mol. The molecule has 0 fully saturated rings. The summed E-state index contributed by atoms with van der Waals surface area (Å²) in [6.07, 6.45) is 3.95. The molecule has 1 aliphatic rings. The Morgan fingerprint density at radius 3 is 2.44 bits per heavy atom. The second-order valence-corrected chi connectivity index (χ2v) is 6.94. The minimum atomic E-state index is -0.331. The van der Waals surface area contributed by atoms with Gasteiger partial charge < -0.3 is 29.2 Å². The summed E-state index contributed by atoms with van der Waals surface area (Å²) in [5, 5.41) is 3.57. The zero-order valence-corrected chi connectivity index (χ0v) is 18.5. The van der Waals surface area contributed by atoms with Crippen molar-refractivity contribution in [3.8, 4) is 11.5 Å². The third-order valence-corrected chi connectivity index (χ3v) is 4.82. The number of hydrogen-bond donors (Lipinski definition) is 1. The lowest BCUT2D eigenvalue weighted by Crippen LogP contribution is -2.30. The van der Waals surface area contributed by atoms with Gasteiger partial charge in [-0.25, -0.2) is 9.97 Å². The number of nitrogens with one attached hydrogen (secondary N) is 1. The smallest absolute Gasteiger partial charge is 0.204 e. The van der Waals surface area contributed by atoms with Crippen LogP contribution < -0.4 is 14.8 Å². The Balaban J connectivity index is 1.86. The van der Waals surface area contributed by atoms with Crippen LogP contribution in [0.3, 0.4) is 0 Å². The molecule has 0 amide bonds. The molecule has 0 saturated carbocycles. The van der Waals surface area contributed by atoms with E-state index in [1.165, 1.54) is 25.6 Å². The van der Waals surface area contributed by atoms with Gasteiger partial charge in [0.2, 0.25) is 11.6 Å². The molecule has 3 rings (SSSR count). The van der Waals surface area contributed by atoms with Crippen LogP contribution in [0.4, 0.5) is 5.82 Å². The summed E-state index contributed by atoms with van der Waals surface area (Å²) < 4.78 is 21.2. The van der Waals surface area contributed by atoms with E-state index in [0.717, 1.165) is 0 Å². The standard InChI is InChI=1S/C22H26N4O6/c1-26(5-6-29-2)17-12-18(27)16(10-19(17)28)25-22-14-9-20(31-4)21(32-8-7-30-3)11-15(14)23-13-24-22/h9-13H,5-8H2,1-4H3,(H,23,24,25). The van der Waals surface area contributed by atoms with Crippen molar-refractivity contribution in [1.82, 2.24) is 14.9 Å². The molecule has 0 saturated heterocycles. The largest absolute Gasteiger partial charge is 0.493 e. The van der Waals surface area contributed by atoms with E-state index in [1.54, 1.807) is 38.3 Å². The molecule has 0 atom stereocenters. The van der Waals surface area contributed by atoms with E-state index >= 15 is 0 Å². The molecule has 32 heavy (non-hydrogen) atoms. The number of hydrogen-bond acceptors (Lipinski definition) is 10. The zero-order valence-electron chi connectivity index (χ0n) is 18.5. The van der Waals surface area contributed by atoms with Crippen molar-refractivity contribution < 1.29 is 28.5 Å². The summed E-state index contributed by atoms with van der Waals surface area (Å²) in [4.78, 5) is 35.5. The van der Waals surface area contributed by atoms with Crippen molar-refractivity contribution in [3.63, 3.8) is 0 Å². The number of rotatable bonds is 11. The molecule has 1 N–H and O–H groups in total. The summed E-state index contributed by atoms with van der Waals surface area (Å²) in [5.41, 5.74) is 1.02. The van der Waals surface area contributed by atoms with Crippen molar-refractivity contribution in [2.24, 2.45) is 0 Å². The van der Waals surface area contributed by atoms with Crippen molar-refractivity contribution in [2.45, 2.75) is 0 Å². The third kappa shape index (κ3) is 5.21. The third-order valence-electron chi connectivity index (χ3n) is 4.82. The van der Waals surface area contributed by atoms with Crippen LogP contribution in [0.2, 0.25) is 0 Å². The van der Waals surface area contributed by atoms with Gasteiger partial charge in [0.15, 0.2) is 11.5 Å². The molecular formula is C22H26N4O6. The number of anilines is 1. The van der Waals surface area contributed by atoms with E-state index in [1.807, 2.05) is 0 Å². The van der Waals surface area contributed by atoms with E-state index in [4.69, 9.17) is 18.9 Å². The highest BCUT2D eigenvalue weighted by atomic mass is 16.5. The molecule has 0 spiro atoms. The van der Waals surface area contributed by atoms with Gasteiger partial charge in [-0.05, 0) is 6.07 Å². The second-order valence-electron chi connectivity index (χ2n) is 6.94. The van der Waals surface area contributed by atoms with E-state index in [2.05, 4.69) is 15.3 Å². The molecule has 10 nitrogen and oxygen atoms in total. The first-order valence-electron chi connectivity index (χ1n) is 9.92. The Morgan fingerprint density at radius 2 is 1.72 bits per heavy atom. The average Bonchev–Trinajstić information content (AvgIpc) is 2.79. The SMILES string of the molecule is COCCOc1cc2ncnc(NC3=CC(=O)C(N(C)CCOC)=CC3=O)c2cc1OC. The number of likely N-dealkylation sites (N-methyl/N-ethyl adjacent to an activating group) is 1. The average molecular weight is 442 g/mol. The van der Waals surface area contributed by atoms with Crippen LogP contribution in [-0.2, 0) is 19.1 Å². The maximum Gasteiger partial charge on any atom is 0.204 e. The quantitative estimate of drug-likeness (QED) is 0.406. The summed E-state index contributed by atoms with van der Waals surface area (Å²) in [6.45, 7) is 1.71. The van der Waals surface area contributed by atoms with Gasteiger partial charge in [0.25, 0.3) is 0 Å². The zero-order chi connectivity index (χ0) is 23.1. The topological polar surface area (TPSA) is 112 Å². The first-order chi connectivity index (χ1) is 15.5. The maximum absolute atomic E-state index is 12.7. The molecule has 1 heterocycles. The molecule has 170 valence electrons. The van der Waals surface area contributed by atoms with E-state index < -0.39 is 0 Å². The lowest BCUT2D eigenvalue weighted by Gasteiger charge is -2.23. The van der Waals surface area contributed by atoms with Gasteiger partial charge in [-0.1, -0.05) is 0 Å². The highest BCUT2D eigenvalue weighted by Crippen LogP contribution is 2.34. The molecule has 1 aromatic heterocycles. The van der Waals surface area contributed by atoms with Crippen LogP contribution in [0, 0.1) is 0 Å². The number of carbonyl (C=O) groups is 2. The fourth-order valence-corrected chi connectivity index (χ4v) is 3.09. The van der Waals surface area contributed by atoms with Gasteiger partial charge in [-0.2, -0.15) is 0 Å². The number of carbonyl (C=O) groups excluding carboxylic acids is 2. The highest BCUT2D eigenvalue weighted by molar-refractivity contribution is 6.21. The van der Waals surface area contributed by atoms with Crippen LogP contribution in [0.1, 0.15) is 0 Å². The van der Waals surface area contributed by atoms with E-state index in [9.17, 15) is 9.59 Å². The van der Waals surface area contributed by atoms with Crippen molar-refractivity contribution in [2.75, 3.05) is 60.1 Å². The lowest BCUT2D eigenvalue weighted by molar-refractivity contribution is -0.116. The minimum absolute atomic E-state index is 0.123. The summed E-state index contributed by atoms with van der Waals surface area (Å²) in [7, 11) is 6.43. The van der Waals surface area contributed by atoms with Crippen LogP contribution in [-0.4, -0.2) is 81.2 Å². The summed E-state index contributed by atoms with van der Waals surface area (Å²) >= 11 is 0. The van der Waals surface area contributed by atoms with Gasteiger partial charge in [-0.3, -0.25) is 9.59 Å². The molecule has 0 unspecified atom stereocenters. The first kappa shape index (κ1) is 23.2. The molecule has 1 aromatic carbocycles. The molecule has 1 aliphatic carbocycles. The minimum Gasteiger partial charge on any atom is -0.493 e. The number of allylic oxidation sites excluding steroid dienone is 2. The lowest BCUT2D eigenvalue weighted by atomic mass is 10.1. The van der Waals surface area contributed by atoms with Crippen LogP contribution in [0.25, 0.3) is 10.9 Å². The fraction of sp³-hybridized carbons (Fsp3) is 0.364. The summed E-state index contributed by atoms with van der Waals surface area (Å²) in [5.74, 6) is 0.747. The van der Waals surface area contributed by atoms with Crippen molar-refractivity contribution >= 4 is 28.3 Å². The number of ketones is 2. The van der Waals surface area contributed by atoms with Gasteiger partial charge >= 0.3 is 0 Å². The first-order valence-corrected chi connectivity index (χ1v) is 9.92. The normalized spacial score (nSPS) is 13.6. The number of benzene rings is 1. The highest BCUT2D eigenvalue weighted by Gasteiger charge is 2.24. The van der Waals surface area contributed by atoms with Crippen molar-refractivity contribution in [3.05, 3.63) is 42.0 Å². The Labute approximate surface area is 185 Å². The Kier molecular flexibility index (Phi) is 7.74. The Hall–Kier alpha value is -3.50. The predicted molar refractivity (Wildman–Crippen MR) is 118 cm³/mol. The predicted octanol–water partition coefficient (Wildman–Crippen LogP) is 1.57. The number of fused-ring (bicyclic) bond motifs is 1. The molecule has 0 bridgehead atoms. The molecule has 10 heteroatoms. The Morgan fingerprint density at radius 1 is 0.938 bits per heavy atom.